The van der Waals surface area contributed by atoms with Crippen LogP contribution in [-0.2, 0) is 33.2 Å². The molecule has 97 heavy (non-hydrogen) atoms. The maximum atomic E-state index is 13.4. The van der Waals surface area contributed by atoms with Gasteiger partial charge in [-0.25, -0.2) is 0 Å². The Morgan fingerprint density at radius 2 is 0.639 bits per heavy atom. The summed E-state index contributed by atoms with van der Waals surface area (Å²) in [6.07, 6.45) is 43.9. The molecule has 3 aliphatic heterocycles. The molecular formula is C78H149NO18. The van der Waals surface area contributed by atoms with E-state index in [2.05, 4.69) is 19.2 Å². The molecule has 0 aromatic heterocycles. The molecule has 574 valence electrons. The summed E-state index contributed by atoms with van der Waals surface area (Å²) in [7, 11) is 0. The zero-order valence-corrected chi connectivity index (χ0v) is 61.3. The van der Waals surface area contributed by atoms with E-state index in [4.69, 9.17) is 28.4 Å². The molecular weight excluding hydrogens is 1240 g/mol. The second-order valence-corrected chi connectivity index (χ2v) is 29.2. The number of carbonyl (C=O) groups is 1. The number of rotatable bonds is 65. The SMILES string of the molecule is CCCCCCCCCCCCC/C=C/C(O)C(COC1OC(CO)C(OC2OC(CO)C(OC3OC(CO)C(O)C(O)C3O)C(O)C2O)C(O)C1O)NC(=O)CCCCCCCCCCCCCCCCCCCCCCCCCCCCCCCCCCCCCCCCC. The molecule has 0 aromatic rings. The summed E-state index contributed by atoms with van der Waals surface area (Å²) in [6, 6.07) is -0.968. The number of aliphatic hydroxyl groups is 11. The van der Waals surface area contributed by atoms with Gasteiger partial charge in [0, 0.05) is 6.42 Å². The van der Waals surface area contributed by atoms with E-state index < -0.39 is 124 Å². The summed E-state index contributed by atoms with van der Waals surface area (Å²) in [5, 5.41) is 121. The number of nitrogens with one attached hydrogen (secondary N) is 1. The molecule has 3 aliphatic rings. The quantitative estimate of drug-likeness (QED) is 0.0199. The summed E-state index contributed by atoms with van der Waals surface area (Å²) in [5.41, 5.74) is 0. The maximum absolute atomic E-state index is 13.4. The molecule has 19 heteroatoms. The highest BCUT2D eigenvalue weighted by Crippen LogP contribution is 2.33. The van der Waals surface area contributed by atoms with Gasteiger partial charge in [-0.05, 0) is 19.3 Å². The lowest BCUT2D eigenvalue weighted by atomic mass is 9.96. The molecule has 17 unspecified atom stereocenters. The number of allylic oxidation sites excluding steroid dienone is 1. The van der Waals surface area contributed by atoms with Crippen LogP contribution in [0.4, 0.5) is 0 Å². The van der Waals surface area contributed by atoms with Crippen LogP contribution in [-0.4, -0.2) is 193 Å². The normalized spacial score (nSPS) is 26.9. The molecule has 12 N–H and O–H groups in total. The smallest absolute Gasteiger partial charge is 0.220 e. The molecule has 3 fully saturated rings. The fraction of sp³-hybridized carbons (Fsp3) is 0.962. The lowest BCUT2D eigenvalue weighted by Crippen LogP contribution is -2.66. The highest BCUT2D eigenvalue weighted by molar-refractivity contribution is 5.76. The Morgan fingerprint density at radius 3 is 0.969 bits per heavy atom. The van der Waals surface area contributed by atoms with Crippen molar-refractivity contribution in [3.63, 3.8) is 0 Å². The van der Waals surface area contributed by atoms with Gasteiger partial charge in [0.05, 0.1) is 38.6 Å². The fourth-order valence-electron chi connectivity index (χ4n) is 14.1. The summed E-state index contributed by atoms with van der Waals surface area (Å²) in [6.45, 7) is 1.77. The van der Waals surface area contributed by atoms with Crippen molar-refractivity contribution in [2.75, 3.05) is 26.4 Å². The average Bonchev–Trinajstić information content (AvgIpc) is 0.792. The maximum Gasteiger partial charge on any atom is 0.220 e. The van der Waals surface area contributed by atoms with Gasteiger partial charge >= 0.3 is 0 Å². The van der Waals surface area contributed by atoms with Crippen LogP contribution in [0.1, 0.15) is 348 Å². The predicted molar refractivity (Wildman–Crippen MR) is 383 cm³/mol. The minimum absolute atomic E-state index is 0.250. The zero-order chi connectivity index (χ0) is 70.4. The Balaban J connectivity index is 1.27. The highest BCUT2D eigenvalue weighted by Gasteiger charge is 2.54. The molecule has 1 amide bonds. The minimum atomic E-state index is -1.98. The van der Waals surface area contributed by atoms with Crippen molar-refractivity contribution >= 4 is 5.91 Å². The van der Waals surface area contributed by atoms with E-state index in [1.165, 1.54) is 276 Å². The molecule has 3 rings (SSSR count). The minimum Gasteiger partial charge on any atom is -0.394 e. The van der Waals surface area contributed by atoms with Gasteiger partial charge in [0.2, 0.25) is 5.91 Å². The van der Waals surface area contributed by atoms with Crippen LogP contribution in [0.15, 0.2) is 12.2 Å². The van der Waals surface area contributed by atoms with Crippen molar-refractivity contribution < 1.29 is 89.4 Å². The van der Waals surface area contributed by atoms with Crippen molar-refractivity contribution in [3.8, 4) is 0 Å². The molecule has 3 heterocycles. The number of unbranched alkanes of at least 4 members (excludes halogenated alkanes) is 49. The average molecular weight is 1390 g/mol. The second-order valence-electron chi connectivity index (χ2n) is 29.2. The van der Waals surface area contributed by atoms with E-state index in [9.17, 15) is 61.0 Å². The van der Waals surface area contributed by atoms with Crippen molar-refractivity contribution in [1.82, 2.24) is 5.32 Å². The van der Waals surface area contributed by atoms with Crippen LogP contribution >= 0.6 is 0 Å². The first kappa shape index (κ1) is 89.7. The molecule has 0 bridgehead atoms. The first-order chi connectivity index (χ1) is 47.3. The standard InChI is InChI=1S/C78H149NO18/c1-3-5-7-9-11-13-15-17-18-19-20-21-22-23-24-25-26-27-28-29-30-31-32-33-34-35-36-37-38-39-40-41-42-44-46-48-50-52-54-56-66(84)79-61(62(83)55-53-51-49-47-45-43-16-14-12-10-8-6-4-2)60-92-76-72(90)69(87)74(64(58-81)94-76)97-78-73(91)70(88)75(65(59-82)95-78)96-77-71(89)68(86)67(85)63(57-80)93-77/h53,55,61-65,67-78,80-83,85-91H,3-52,54,56-60H2,1-2H3,(H,79,84)/b55-53+. The summed E-state index contributed by atoms with van der Waals surface area (Å²) < 4.78 is 34.4. The van der Waals surface area contributed by atoms with Crippen LogP contribution in [0.2, 0.25) is 0 Å². The first-order valence-corrected chi connectivity index (χ1v) is 40.4. The molecule has 19 nitrogen and oxygen atoms in total. The molecule has 3 saturated heterocycles. The third-order valence-electron chi connectivity index (χ3n) is 20.6. The number of aliphatic hydroxyl groups excluding tert-OH is 11. The van der Waals surface area contributed by atoms with Crippen molar-refractivity contribution in [1.29, 1.82) is 0 Å². The van der Waals surface area contributed by atoms with Crippen LogP contribution < -0.4 is 5.32 Å². The Bertz CT molecular complexity index is 1800. The number of hydrogen-bond acceptors (Lipinski definition) is 18. The van der Waals surface area contributed by atoms with Crippen LogP contribution in [0, 0.1) is 0 Å². The van der Waals surface area contributed by atoms with Gasteiger partial charge < -0.3 is 89.9 Å². The summed E-state index contributed by atoms with van der Waals surface area (Å²) in [5.74, 6) is -0.268. The molecule has 0 radical (unpaired) electrons. The highest BCUT2D eigenvalue weighted by atomic mass is 16.8. The number of carbonyl (C=O) groups excluding carboxylic acids is 1. The first-order valence-electron chi connectivity index (χ1n) is 40.4. The topological polar surface area (TPSA) is 307 Å². The third-order valence-corrected chi connectivity index (χ3v) is 20.6. The third kappa shape index (κ3) is 40.4. The van der Waals surface area contributed by atoms with Crippen molar-refractivity contribution in [2.45, 2.75) is 452 Å². The molecule has 0 aliphatic carbocycles. The predicted octanol–water partition coefficient (Wildman–Crippen LogP) is 13.2. The van der Waals surface area contributed by atoms with Gasteiger partial charge in [-0.15, -0.1) is 0 Å². The van der Waals surface area contributed by atoms with E-state index in [1.807, 2.05) is 6.08 Å². The number of ether oxygens (including phenoxy) is 6. The zero-order valence-electron chi connectivity index (χ0n) is 61.3. The Kier molecular flexibility index (Phi) is 55.4. The van der Waals surface area contributed by atoms with E-state index >= 15 is 0 Å². The van der Waals surface area contributed by atoms with Crippen LogP contribution in [0.3, 0.4) is 0 Å². The van der Waals surface area contributed by atoms with Crippen molar-refractivity contribution in [2.24, 2.45) is 0 Å². The van der Waals surface area contributed by atoms with Crippen molar-refractivity contribution in [3.05, 3.63) is 12.2 Å². The Morgan fingerprint density at radius 1 is 0.361 bits per heavy atom. The number of amides is 1. The Labute approximate surface area is 588 Å². The molecule has 0 spiro atoms. The molecule has 17 atom stereocenters. The molecule has 0 saturated carbocycles. The van der Waals surface area contributed by atoms with Gasteiger partial charge in [-0.1, -0.05) is 334 Å². The van der Waals surface area contributed by atoms with Crippen LogP contribution in [0.5, 0.6) is 0 Å². The van der Waals surface area contributed by atoms with E-state index in [-0.39, 0.29) is 18.9 Å². The van der Waals surface area contributed by atoms with E-state index in [0.29, 0.717) is 6.42 Å². The largest absolute Gasteiger partial charge is 0.394 e. The van der Waals surface area contributed by atoms with Gasteiger partial charge in [0.15, 0.2) is 18.9 Å². The van der Waals surface area contributed by atoms with Gasteiger partial charge in [0.25, 0.3) is 0 Å². The number of hydrogen-bond donors (Lipinski definition) is 12. The Hall–Kier alpha value is -1.47. The van der Waals surface area contributed by atoms with Crippen LogP contribution in [0.25, 0.3) is 0 Å². The monoisotopic (exact) mass is 1390 g/mol. The fourth-order valence-corrected chi connectivity index (χ4v) is 14.1. The molecule has 0 aromatic carbocycles. The lowest BCUT2D eigenvalue weighted by Gasteiger charge is -2.48. The van der Waals surface area contributed by atoms with Gasteiger partial charge in [-0.3, -0.25) is 4.79 Å². The van der Waals surface area contributed by atoms with E-state index in [0.717, 1.165) is 44.9 Å². The summed E-state index contributed by atoms with van der Waals surface area (Å²) >= 11 is 0. The second kappa shape index (κ2) is 59.9. The summed E-state index contributed by atoms with van der Waals surface area (Å²) in [4.78, 5) is 13.4. The van der Waals surface area contributed by atoms with E-state index in [1.54, 1.807) is 6.08 Å². The van der Waals surface area contributed by atoms with Gasteiger partial charge in [-0.2, -0.15) is 0 Å². The van der Waals surface area contributed by atoms with Gasteiger partial charge in [0.1, 0.15) is 73.2 Å². The lowest BCUT2D eigenvalue weighted by molar-refractivity contribution is -0.379.